The first-order valence-electron chi connectivity index (χ1n) is 5.91. The first-order valence-corrected chi connectivity index (χ1v) is 7.35. The average Bonchev–Trinajstić information content (AvgIpc) is 2.26. The van der Waals surface area contributed by atoms with Crippen molar-refractivity contribution in [1.82, 2.24) is 6.15 Å². The van der Waals surface area contributed by atoms with E-state index in [1.807, 2.05) is 6.92 Å². The van der Waals surface area contributed by atoms with Crippen molar-refractivity contribution in [2.24, 2.45) is 0 Å². The van der Waals surface area contributed by atoms with Crippen molar-refractivity contribution in [3.8, 4) is 0 Å². The van der Waals surface area contributed by atoms with Gasteiger partial charge in [-0.2, -0.15) is 34.8 Å². The summed E-state index contributed by atoms with van der Waals surface area (Å²) in [5.41, 5.74) is 0. The van der Waals surface area contributed by atoms with Gasteiger partial charge in [0.05, 0.1) is 0 Å². The van der Waals surface area contributed by atoms with E-state index in [1.54, 1.807) is 0 Å². The predicted octanol–water partition coefficient (Wildman–Crippen LogP) is 4.26. The van der Waals surface area contributed by atoms with Crippen LogP contribution in [0.15, 0.2) is 0 Å². The molecular formula is C10H19F6NO3S. The van der Waals surface area contributed by atoms with Crippen molar-refractivity contribution < 1.29 is 39.3 Å². The zero-order valence-corrected chi connectivity index (χ0v) is 12.2. The lowest BCUT2D eigenvalue weighted by molar-refractivity contribution is -0.282. The van der Waals surface area contributed by atoms with Crippen molar-refractivity contribution >= 4 is 10.1 Å². The summed E-state index contributed by atoms with van der Waals surface area (Å²) < 4.78 is 106. The first kappa shape index (κ1) is 22.7. The first-order chi connectivity index (χ1) is 8.81. The lowest BCUT2D eigenvalue weighted by Gasteiger charge is -2.30. The van der Waals surface area contributed by atoms with Crippen LogP contribution in [-0.4, -0.2) is 30.1 Å². The Kier molecular flexibility index (Phi) is 8.26. The zero-order valence-electron chi connectivity index (χ0n) is 11.4. The van der Waals surface area contributed by atoms with Gasteiger partial charge in [-0.15, -0.1) is 0 Å². The molecule has 0 aromatic carbocycles. The number of alkyl halides is 6. The molecule has 0 unspecified atom stereocenters. The molecule has 0 aromatic heterocycles. The summed E-state index contributed by atoms with van der Waals surface area (Å²) in [6.07, 6.45) is 0.0271. The Morgan fingerprint density at radius 3 is 1.71 bits per heavy atom. The molecule has 11 heteroatoms. The van der Waals surface area contributed by atoms with Crippen LogP contribution in [0.4, 0.5) is 26.3 Å². The summed E-state index contributed by atoms with van der Waals surface area (Å²) in [4.78, 5) is 0. The van der Waals surface area contributed by atoms with Crippen LogP contribution >= 0.6 is 0 Å². The molecule has 0 aliphatic rings. The van der Waals surface area contributed by atoms with Gasteiger partial charge in [0.15, 0.2) is 0 Å². The highest BCUT2D eigenvalue weighted by Gasteiger charge is 2.76. The van der Waals surface area contributed by atoms with E-state index in [9.17, 15) is 34.8 Å². The van der Waals surface area contributed by atoms with Crippen molar-refractivity contribution in [2.45, 2.75) is 62.5 Å². The molecule has 0 aliphatic heterocycles. The van der Waals surface area contributed by atoms with E-state index in [2.05, 4.69) is 0 Å². The van der Waals surface area contributed by atoms with Crippen molar-refractivity contribution in [1.29, 1.82) is 0 Å². The van der Waals surface area contributed by atoms with Gasteiger partial charge in [0.1, 0.15) is 0 Å². The largest absolute Gasteiger partial charge is 0.437 e. The Hall–Kier alpha value is -0.550. The highest BCUT2D eigenvalue weighted by molar-refractivity contribution is 7.87. The van der Waals surface area contributed by atoms with Gasteiger partial charge >= 0.3 is 27.2 Å². The second-order valence-electron chi connectivity index (χ2n) is 4.43. The van der Waals surface area contributed by atoms with E-state index in [0.717, 1.165) is 6.42 Å². The normalized spacial score (nSPS) is 13.9. The van der Waals surface area contributed by atoms with Crippen LogP contribution in [0.3, 0.4) is 0 Å². The van der Waals surface area contributed by atoms with E-state index in [-0.39, 0.29) is 12.6 Å². The van der Waals surface area contributed by atoms with Crippen LogP contribution < -0.4 is 6.15 Å². The molecule has 0 radical (unpaired) electrons. The highest BCUT2D eigenvalue weighted by atomic mass is 32.2. The van der Waals surface area contributed by atoms with Gasteiger partial charge in [-0.3, -0.25) is 4.55 Å². The van der Waals surface area contributed by atoms with Crippen molar-refractivity contribution in [2.75, 3.05) is 0 Å². The van der Waals surface area contributed by atoms with Gasteiger partial charge in [-0.25, -0.2) is 0 Å². The lowest BCUT2D eigenvalue weighted by atomic mass is 10.0. The summed E-state index contributed by atoms with van der Waals surface area (Å²) >= 11 is 0. The molecule has 0 saturated carbocycles. The number of hydrogen-bond donors (Lipinski definition) is 2. The molecule has 0 bridgehead atoms. The fraction of sp³-hybridized carbons (Fsp3) is 1.00. The maximum atomic E-state index is 13.1. The summed E-state index contributed by atoms with van der Waals surface area (Å²) in [6, 6.07) is 0. The summed E-state index contributed by atoms with van der Waals surface area (Å²) in [5.74, 6) is -11.4. The quantitative estimate of drug-likeness (QED) is 0.370. The van der Waals surface area contributed by atoms with E-state index in [1.165, 1.54) is 0 Å². The van der Waals surface area contributed by atoms with E-state index >= 15 is 0 Å². The van der Waals surface area contributed by atoms with E-state index in [0.29, 0.717) is 12.8 Å². The number of halogens is 6. The van der Waals surface area contributed by atoms with Gasteiger partial charge < -0.3 is 6.15 Å². The Balaban J connectivity index is 0. The fourth-order valence-electron chi connectivity index (χ4n) is 1.48. The third kappa shape index (κ3) is 4.99. The SMILES string of the molecule is CCCCCCCC(F)(F)C(F)(F)C(F)(F)S(=O)(=O)O.N. The molecule has 0 aromatic rings. The standard InChI is InChI=1S/C10H16F6O3S.H3N/c1-2-3-4-5-6-7-8(11,12)9(13,14)10(15,16)20(17,18)19;/h2-7H2,1H3,(H,17,18,19);1H3. The Morgan fingerprint density at radius 2 is 1.33 bits per heavy atom. The molecule has 0 rings (SSSR count). The maximum absolute atomic E-state index is 13.1. The number of unbranched alkanes of at least 4 members (excludes halogenated alkanes) is 4. The lowest BCUT2D eigenvalue weighted by Crippen LogP contribution is -2.57. The van der Waals surface area contributed by atoms with Gasteiger partial charge in [0.2, 0.25) is 0 Å². The predicted molar refractivity (Wildman–Crippen MR) is 64.8 cm³/mol. The average molecular weight is 347 g/mol. The van der Waals surface area contributed by atoms with Gasteiger partial charge in [0.25, 0.3) is 0 Å². The van der Waals surface area contributed by atoms with E-state index < -0.39 is 40.1 Å². The number of hydrogen-bond acceptors (Lipinski definition) is 3. The molecule has 4 nitrogen and oxygen atoms in total. The van der Waals surface area contributed by atoms with Crippen LogP contribution in [-0.2, 0) is 10.1 Å². The third-order valence-corrected chi connectivity index (χ3v) is 3.65. The number of rotatable bonds is 9. The van der Waals surface area contributed by atoms with Crippen LogP contribution in [0.25, 0.3) is 0 Å². The molecule has 0 heterocycles. The molecule has 0 spiro atoms. The minimum Gasteiger partial charge on any atom is -0.344 e. The second kappa shape index (κ2) is 7.63. The van der Waals surface area contributed by atoms with Crippen LogP contribution in [0.1, 0.15) is 45.4 Å². The highest BCUT2D eigenvalue weighted by Crippen LogP contribution is 2.50. The molecule has 0 saturated heterocycles. The van der Waals surface area contributed by atoms with E-state index in [4.69, 9.17) is 4.55 Å². The molecular weight excluding hydrogens is 328 g/mol. The molecule has 0 aliphatic carbocycles. The smallest absolute Gasteiger partial charge is 0.344 e. The molecule has 0 amide bonds. The fourth-order valence-corrected chi connectivity index (χ4v) is 1.96. The second-order valence-corrected chi connectivity index (χ2v) is 5.90. The Morgan fingerprint density at radius 1 is 0.905 bits per heavy atom. The maximum Gasteiger partial charge on any atom is 0.437 e. The zero-order chi connectivity index (χ0) is 16.2. The van der Waals surface area contributed by atoms with Gasteiger partial charge in [-0.1, -0.05) is 32.6 Å². The summed E-state index contributed by atoms with van der Waals surface area (Å²) in [7, 11) is -6.65. The van der Waals surface area contributed by atoms with Crippen LogP contribution in [0.2, 0.25) is 0 Å². The minimum absolute atomic E-state index is 0. The molecule has 4 N–H and O–H groups in total. The van der Waals surface area contributed by atoms with Crippen LogP contribution in [0.5, 0.6) is 0 Å². The molecule has 21 heavy (non-hydrogen) atoms. The molecule has 0 atom stereocenters. The van der Waals surface area contributed by atoms with Crippen molar-refractivity contribution in [3.63, 3.8) is 0 Å². The Labute approximate surface area is 119 Å². The summed E-state index contributed by atoms with van der Waals surface area (Å²) in [6.45, 7) is 1.83. The van der Waals surface area contributed by atoms with Gasteiger partial charge in [0, 0.05) is 6.42 Å². The monoisotopic (exact) mass is 347 g/mol. The van der Waals surface area contributed by atoms with Gasteiger partial charge in [-0.05, 0) is 6.42 Å². The third-order valence-electron chi connectivity index (χ3n) is 2.74. The molecule has 130 valence electrons. The summed E-state index contributed by atoms with van der Waals surface area (Å²) in [5, 5.41) is -6.24. The van der Waals surface area contributed by atoms with Crippen LogP contribution in [0, 0.1) is 0 Å². The topological polar surface area (TPSA) is 89.4 Å². The minimum atomic E-state index is -6.65. The van der Waals surface area contributed by atoms with Crippen molar-refractivity contribution in [3.05, 3.63) is 0 Å². The molecule has 0 fully saturated rings. The Bertz CT molecular complexity index is 413.